The fourth-order valence-electron chi connectivity index (χ4n) is 3.11. The van der Waals surface area contributed by atoms with E-state index < -0.39 is 5.60 Å². The molecule has 0 bridgehead atoms. The number of nitrogens with zero attached hydrogens (tertiary/aromatic N) is 1. The number of H-pyrrole nitrogens is 1. The Hall–Kier alpha value is -3.02. The van der Waals surface area contributed by atoms with Crippen LogP contribution in [0.2, 0.25) is 10.0 Å². The zero-order chi connectivity index (χ0) is 22.2. The van der Waals surface area contributed by atoms with E-state index in [1.54, 1.807) is 38.1 Å². The number of aryl methyl sites for hydroxylation is 1. The Labute approximate surface area is 190 Å². The first-order chi connectivity index (χ1) is 14.7. The fourth-order valence-corrected chi connectivity index (χ4v) is 3.40. The van der Waals surface area contributed by atoms with Gasteiger partial charge < -0.3 is 15.0 Å². The van der Waals surface area contributed by atoms with Crippen molar-refractivity contribution in [3.8, 4) is 17.1 Å². The summed E-state index contributed by atoms with van der Waals surface area (Å²) in [5.41, 5.74) is 3.23. The van der Waals surface area contributed by atoms with Crippen molar-refractivity contribution in [1.29, 1.82) is 0 Å². The molecule has 0 spiro atoms. The maximum Gasteiger partial charge on any atom is 0.267 e. The molecule has 0 aliphatic rings. The van der Waals surface area contributed by atoms with Crippen LogP contribution in [0.4, 0.5) is 5.69 Å². The van der Waals surface area contributed by atoms with Gasteiger partial charge >= 0.3 is 0 Å². The molecule has 4 aromatic rings. The molecule has 1 aromatic heterocycles. The predicted octanol–water partition coefficient (Wildman–Crippen LogP) is 6.64. The van der Waals surface area contributed by atoms with E-state index in [1.807, 2.05) is 43.3 Å². The van der Waals surface area contributed by atoms with Gasteiger partial charge in [0.25, 0.3) is 5.91 Å². The van der Waals surface area contributed by atoms with Gasteiger partial charge in [-0.3, -0.25) is 4.79 Å². The third-order valence-corrected chi connectivity index (χ3v) is 5.57. The topological polar surface area (TPSA) is 67.0 Å². The van der Waals surface area contributed by atoms with Crippen molar-refractivity contribution >= 4 is 45.8 Å². The van der Waals surface area contributed by atoms with Crippen LogP contribution in [0.5, 0.6) is 5.75 Å². The molecular formula is C24H21Cl2N3O2. The monoisotopic (exact) mass is 453 g/mol. The summed E-state index contributed by atoms with van der Waals surface area (Å²) in [5, 5.41) is 4.19. The molecule has 1 amide bonds. The quantitative estimate of drug-likeness (QED) is 0.355. The highest BCUT2D eigenvalue weighted by Crippen LogP contribution is 2.27. The molecule has 0 aliphatic heterocycles. The predicted molar refractivity (Wildman–Crippen MR) is 126 cm³/mol. The third-order valence-electron chi connectivity index (χ3n) is 4.91. The lowest BCUT2D eigenvalue weighted by Gasteiger charge is -2.25. The van der Waals surface area contributed by atoms with E-state index in [9.17, 15) is 4.79 Å². The van der Waals surface area contributed by atoms with Gasteiger partial charge in [-0.05, 0) is 87.0 Å². The van der Waals surface area contributed by atoms with Crippen LogP contribution in [0.15, 0.2) is 60.7 Å². The highest BCUT2D eigenvalue weighted by atomic mass is 35.5. The molecule has 5 nitrogen and oxygen atoms in total. The van der Waals surface area contributed by atoms with Crippen LogP contribution in [-0.4, -0.2) is 21.5 Å². The smallest absolute Gasteiger partial charge is 0.267 e. The number of amides is 1. The normalized spacial score (nSPS) is 11.5. The van der Waals surface area contributed by atoms with Gasteiger partial charge in [0.05, 0.1) is 11.0 Å². The number of anilines is 1. The zero-order valence-corrected chi connectivity index (χ0v) is 18.8. The first kappa shape index (κ1) is 21.2. The van der Waals surface area contributed by atoms with E-state index in [4.69, 9.17) is 27.9 Å². The van der Waals surface area contributed by atoms with Gasteiger partial charge in [-0.15, -0.1) is 0 Å². The largest absolute Gasteiger partial charge is 0.478 e. The third kappa shape index (κ3) is 4.68. The standard InChI is InChI=1S/C24H21Cl2N3O2/c1-14-12-20-21(13-19(14)26)29-22(28-20)15-4-8-17(9-5-15)27-23(30)24(2,3)31-18-10-6-16(25)7-11-18/h4-13H,1-3H3,(H,27,30)(H,28,29). The van der Waals surface area contributed by atoms with Gasteiger partial charge in [0, 0.05) is 21.3 Å². The van der Waals surface area contributed by atoms with Crippen molar-refractivity contribution in [2.24, 2.45) is 0 Å². The number of benzene rings is 3. The maximum absolute atomic E-state index is 12.7. The molecule has 4 rings (SSSR count). The number of halogens is 2. The van der Waals surface area contributed by atoms with E-state index in [0.29, 0.717) is 21.5 Å². The van der Waals surface area contributed by atoms with Gasteiger partial charge in [-0.25, -0.2) is 4.98 Å². The molecule has 0 radical (unpaired) electrons. The molecule has 0 fully saturated rings. The average Bonchev–Trinajstić information content (AvgIpc) is 3.13. The van der Waals surface area contributed by atoms with Crippen LogP contribution < -0.4 is 10.1 Å². The molecule has 0 unspecified atom stereocenters. The second-order valence-electron chi connectivity index (χ2n) is 7.80. The molecule has 3 aromatic carbocycles. The van der Waals surface area contributed by atoms with E-state index in [-0.39, 0.29) is 5.91 Å². The second-order valence-corrected chi connectivity index (χ2v) is 8.65. The molecule has 158 valence electrons. The number of ether oxygens (including phenoxy) is 1. The molecule has 0 saturated heterocycles. The summed E-state index contributed by atoms with van der Waals surface area (Å²) in [6, 6.07) is 18.2. The minimum Gasteiger partial charge on any atom is -0.478 e. The van der Waals surface area contributed by atoms with E-state index in [2.05, 4.69) is 15.3 Å². The first-order valence-corrected chi connectivity index (χ1v) is 10.5. The van der Waals surface area contributed by atoms with Crippen LogP contribution in [0.25, 0.3) is 22.4 Å². The Morgan fingerprint density at radius 1 is 1.03 bits per heavy atom. The Morgan fingerprint density at radius 2 is 1.71 bits per heavy atom. The molecule has 7 heteroatoms. The van der Waals surface area contributed by atoms with Crippen molar-refractivity contribution in [3.05, 3.63) is 76.3 Å². The van der Waals surface area contributed by atoms with Gasteiger partial charge in [0.1, 0.15) is 11.6 Å². The van der Waals surface area contributed by atoms with Crippen LogP contribution in [-0.2, 0) is 4.79 Å². The van der Waals surface area contributed by atoms with Crippen LogP contribution in [0, 0.1) is 6.92 Å². The van der Waals surface area contributed by atoms with Gasteiger partial charge in [-0.1, -0.05) is 23.2 Å². The number of imidazole rings is 1. The fraction of sp³-hybridized carbons (Fsp3) is 0.167. The number of nitrogens with one attached hydrogen (secondary N) is 2. The number of aromatic nitrogens is 2. The number of carbonyl (C=O) groups excluding carboxylic acids is 1. The number of hydrogen-bond acceptors (Lipinski definition) is 3. The molecule has 0 aliphatic carbocycles. The molecular weight excluding hydrogens is 433 g/mol. The number of fused-ring (bicyclic) bond motifs is 1. The lowest BCUT2D eigenvalue weighted by Crippen LogP contribution is -2.42. The van der Waals surface area contributed by atoms with Crippen molar-refractivity contribution in [2.45, 2.75) is 26.4 Å². The molecule has 0 saturated carbocycles. The highest BCUT2D eigenvalue weighted by Gasteiger charge is 2.30. The summed E-state index contributed by atoms with van der Waals surface area (Å²) >= 11 is 12.1. The van der Waals surface area contributed by atoms with Gasteiger partial charge in [-0.2, -0.15) is 0 Å². The second kappa shape index (κ2) is 8.25. The minimum atomic E-state index is -1.07. The molecule has 31 heavy (non-hydrogen) atoms. The Kier molecular flexibility index (Phi) is 5.65. The van der Waals surface area contributed by atoms with Crippen LogP contribution in [0.1, 0.15) is 19.4 Å². The van der Waals surface area contributed by atoms with Crippen molar-refractivity contribution in [2.75, 3.05) is 5.32 Å². The summed E-state index contributed by atoms with van der Waals surface area (Å²) in [7, 11) is 0. The Balaban J connectivity index is 1.47. The lowest BCUT2D eigenvalue weighted by molar-refractivity contribution is -0.128. The molecule has 1 heterocycles. The number of carbonyl (C=O) groups is 1. The van der Waals surface area contributed by atoms with Gasteiger partial charge in [0.15, 0.2) is 5.60 Å². The van der Waals surface area contributed by atoms with Gasteiger partial charge in [0.2, 0.25) is 0 Å². The molecule has 0 atom stereocenters. The summed E-state index contributed by atoms with van der Waals surface area (Å²) < 4.78 is 5.84. The van der Waals surface area contributed by atoms with E-state index in [0.717, 1.165) is 28.0 Å². The number of aromatic amines is 1. The van der Waals surface area contributed by atoms with Crippen LogP contribution in [0.3, 0.4) is 0 Å². The lowest BCUT2D eigenvalue weighted by atomic mass is 10.1. The Morgan fingerprint density at radius 3 is 2.39 bits per heavy atom. The van der Waals surface area contributed by atoms with E-state index in [1.165, 1.54) is 0 Å². The number of rotatable bonds is 5. The van der Waals surface area contributed by atoms with Crippen molar-refractivity contribution in [3.63, 3.8) is 0 Å². The van der Waals surface area contributed by atoms with Crippen molar-refractivity contribution < 1.29 is 9.53 Å². The maximum atomic E-state index is 12.7. The first-order valence-electron chi connectivity index (χ1n) is 9.73. The minimum absolute atomic E-state index is 0.260. The Bertz CT molecular complexity index is 1210. The van der Waals surface area contributed by atoms with Crippen molar-refractivity contribution in [1.82, 2.24) is 9.97 Å². The molecule has 2 N–H and O–H groups in total. The van der Waals surface area contributed by atoms with E-state index >= 15 is 0 Å². The average molecular weight is 454 g/mol. The van der Waals surface area contributed by atoms with Crippen LogP contribution >= 0.6 is 23.2 Å². The summed E-state index contributed by atoms with van der Waals surface area (Å²) in [6.07, 6.45) is 0. The number of hydrogen-bond donors (Lipinski definition) is 2. The summed E-state index contributed by atoms with van der Waals surface area (Å²) in [4.78, 5) is 20.7. The summed E-state index contributed by atoms with van der Waals surface area (Å²) in [6.45, 7) is 5.39. The summed E-state index contributed by atoms with van der Waals surface area (Å²) in [5.74, 6) is 1.05. The highest BCUT2D eigenvalue weighted by molar-refractivity contribution is 6.32. The SMILES string of the molecule is Cc1cc2[nH]c(-c3ccc(NC(=O)C(C)(C)Oc4ccc(Cl)cc4)cc3)nc2cc1Cl. The zero-order valence-electron chi connectivity index (χ0n) is 17.3.